The topological polar surface area (TPSA) is 94.0 Å². The van der Waals surface area contributed by atoms with Gasteiger partial charge in [0.25, 0.3) is 0 Å². The van der Waals surface area contributed by atoms with E-state index < -0.39 is 6.16 Å². The molecule has 0 amide bonds. The summed E-state index contributed by atoms with van der Waals surface area (Å²) in [4.78, 5) is 8.56. The van der Waals surface area contributed by atoms with Crippen molar-refractivity contribution >= 4 is 6.16 Å². The first kappa shape index (κ1) is 16.9. The van der Waals surface area contributed by atoms with Gasteiger partial charge < -0.3 is 16.4 Å². The first-order valence-corrected chi connectivity index (χ1v) is 0.651. The molecular formula is CH6NO3Zn+3. The van der Waals surface area contributed by atoms with Crippen LogP contribution in [0.1, 0.15) is 0 Å². The van der Waals surface area contributed by atoms with E-state index in [9.17, 15) is 0 Å². The Kier molecular flexibility index (Phi) is 25.0. The van der Waals surface area contributed by atoms with E-state index in [1.54, 1.807) is 0 Å². The van der Waals surface area contributed by atoms with E-state index in [0.717, 1.165) is 0 Å². The molecule has 0 aliphatic carbocycles. The van der Waals surface area contributed by atoms with Gasteiger partial charge in [-0.05, 0) is 0 Å². The normalized spacial score (nSPS) is 4.00. The molecule has 4 nitrogen and oxygen atoms in total. The Morgan fingerprint density at radius 3 is 1.33 bits per heavy atom. The van der Waals surface area contributed by atoms with Crippen LogP contribution in [0.4, 0.5) is 4.79 Å². The van der Waals surface area contributed by atoms with Crippen molar-refractivity contribution in [2.24, 2.45) is 0 Å². The zero-order chi connectivity index (χ0) is 3.58. The summed E-state index contributed by atoms with van der Waals surface area (Å²) in [5, 5.41) is 13.9. The Hall–Kier alpha value is -0.147. The number of quaternary nitrogens is 1. The van der Waals surface area contributed by atoms with Gasteiger partial charge in [0.05, 0.1) is 0 Å². The quantitative estimate of drug-likeness (QED) is 0.436. The van der Waals surface area contributed by atoms with Crippen LogP contribution in [0.15, 0.2) is 0 Å². The average molecular weight is 145 g/mol. The summed E-state index contributed by atoms with van der Waals surface area (Å²) in [7, 11) is 0. The standard InChI is InChI=1S/CH2O3.H3N.Zn/c2-1(3)4;;/h(H2,2,3,4);1H3;/q;;+2/p+1. The maximum absolute atomic E-state index is 8.56. The fourth-order valence-corrected chi connectivity index (χ4v) is 0. The van der Waals surface area contributed by atoms with E-state index in [1.165, 1.54) is 0 Å². The summed E-state index contributed by atoms with van der Waals surface area (Å²) in [5.74, 6) is 0. The molecule has 5 heteroatoms. The average Bonchev–Trinajstić information content (AvgIpc) is 0.811. The van der Waals surface area contributed by atoms with Crippen molar-refractivity contribution in [2.75, 3.05) is 0 Å². The number of hydrogen-bond acceptors (Lipinski definition) is 1. The number of hydrogen-bond donors (Lipinski definition) is 3. The monoisotopic (exact) mass is 144 g/mol. The minimum absolute atomic E-state index is 0. The van der Waals surface area contributed by atoms with Crippen molar-refractivity contribution in [3.63, 3.8) is 0 Å². The van der Waals surface area contributed by atoms with Gasteiger partial charge in [0, 0.05) is 0 Å². The van der Waals surface area contributed by atoms with Crippen LogP contribution >= 0.6 is 0 Å². The molecule has 0 heterocycles. The predicted octanol–water partition coefficient (Wildman–Crippen LogP) is 0.596. The fourth-order valence-electron chi connectivity index (χ4n) is 0. The van der Waals surface area contributed by atoms with Crippen LogP contribution < -0.4 is 6.15 Å². The Morgan fingerprint density at radius 2 is 1.33 bits per heavy atom. The van der Waals surface area contributed by atoms with Gasteiger partial charge in [-0.1, -0.05) is 0 Å². The van der Waals surface area contributed by atoms with E-state index in [1.807, 2.05) is 0 Å². The largest absolute Gasteiger partial charge is 2.00 e. The smallest absolute Gasteiger partial charge is 0.450 e. The van der Waals surface area contributed by atoms with Gasteiger partial charge >= 0.3 is 25.6 Å². The molecule has 0 aliphatic rings. The molecule has 0 atom stereocenters. The van der Waals surface area contributed by atoms with Crippen molar-refractivity contribution in [3.8, 4) is 0 Å². The molecule has 0 unspecified atom stereocenters. The molecule has 0 fully saturated rings. The van der Waals surface area contributed by atoms with E-state index >= 15 is 0 Å². The SMILES string of the molecule is O=C(O)O.[NH4+].[Zn+2]. The maximum Gasteiger partial charge on any atom is 2.00 e. The first-order valence-electron chi connectivity index (χ1n) is 0.651. The Morgan fingerprint density at radius 1 is 1.33 bits per heavy atom. The van der Waals surface area contributed by atoms with E-state index in [0.29, 0.717) is 0 Å². The minimum atomic E-state index is -1.83. The molecule has 0 saturated heterocycles. The number of carboxylic acid groups (broad SMARTS) is 2. The zero-order valence-corrected chi connectivity index (χ0v) is 6.48. The number of rotatable bonds is 0. The van der Waals surface area contributed by atoms with Crippen molar-refractivity contribution in [1.82, 2.24) is 6.15 Å². The van der Waals surface area contributed by atoms with Crippen molar-refractivity contribution < 1.29 is 34.5 Å². The van der Waals surface area contributed by atoms with Gasteiger partial charge in [-0.2, -0.15) is 0 Å². The van der Waals surface area contributed by atoms with Crippen LogP contribution in [0, 0.1) is 0 Å². The molecule has 32 valence electrons. The van der Waals surface area contributed by atoms with E-state index in [-0.39, 0.29) is 25.6 Å². The van der Waals surface area contributed by atoms with Crippen LogP contribution in [-0.4, -0.2) is 16.4 Å². The second-order valence-electron chi connectivity index (χ2n) is 0.283. The Labute approximate surface area is 47.5 Å². The van der Waals surface area contributed by atoms with Crippen LogP contribution in [0.5, 0.6) is 0 Å². The fraction of sp³-hybridized carbons (Fsp3) is 0. The van der Waals surface area contributed by atoms with Gasteiger partial charge in [-0.25, -0.2) is 4.79 Å². The van der Waals surface area contributed by atoms with Gasteiger partial charge in [0.1, 0.15) is 0 Å². The molecular weight excluding hydrogens is 139 g/mol. The third kappa shape index (κ3) is 1460. The molecule has 0 spiro atoms. The van der Waals surface area contributed by atoms with Crippen molar-refractivity contribution in [3.05, 3.63) is 0 Å². The third-order valence-electron chi connectivity index (χ3n) is 0. The molecule has 0 aliphatic heterocycles. The minimum Gasteiger partial charge on any atom is -0.450 e. The van der Waals surface area contributed by atoms with Crippen LogP contribution in [-0.2, 0) is 19.5 Å². The molecule has 0 rings (SSSR count). The first-order chi connectivity index (χ1) is 1.73. The third-order valence-corrected chi connectivity index (χ3v) is 0. The van der Waals surface area contributed by atoms with E-state index in [4.69, 9.17) is 15.0 Å². The van der Waals surface area contributed by atoms with Gasteiger partial charge in [-0.3, -0.25) is 0 Å². The summed E-state index contributed by atoms with van der Waals surface area (Å²) < 4.78 is 0. The summed E-state index contributed by atoms with van der Waals surface area (Å²) in [5.41, 5.74) is 0. The summed E-state index contributed by atoms with van der Waals surface area (Å²) in [6.45, 7) is 0. The van der Waals surface area contributed by atoms with Crippen molar-refractivity contribution in [2.45, 2.75) is 0 Å². The van der Waals surface area contributed by atoms with Crippen LogP contribution in [0.2, 0.25) is 0 Å². The second-order valence-corrected chi connectivity index (χ2v) is 0.283. The van der Waals surface area contributed by atoms with Gasteiger partial charge in [0.2, 0.25) is 0 Å². The molecule has 0 aromatic rings. The predicted molar refractivity (Wildman–Crippen MR) is 16.6 cm³/mol. The number of carbonyl (C=O) groups is 1. The second kappa shape index (κ2) is 8.85. The van der Waals surface area contributed by atoms with E-state index in [2.05, 4.69) is 0 Å². The summed E-state index contributed by atoms with van der Waals surface area (Å²) in [6, 6.07) is 0. The molecule has 6 heavy (non-hydrogen) atoms. The summed E-state index contributed by atoms with van der Waals surface area (Å²) >= 11 is 0. The van der Waals surface area contributed by atoms with Crippen LogP contribution in [0.3, 0.4) is 0 Å². The maximum atomic E-state index is 8.56. The zero-order valence-electron chi connectivity index (χ0n) is 3.51. The van der Waals surface area contributed by atoms with Gasteiger partial charge in [0.15, 0.2) is 0 Å². The Balaban J connectivity index is -0.0000000450. The van der Waals surface area contributed by atoms with Crippen LogP contribution in [0.25, 0.3) is 0 Å². The molecule has 0 aromatic heterocycles. The molecule has 0 radical (unpaired) electrons. The molecule has 0 bridgehead atoms. The van der Waals surface area contributed by atoms with Crippen molar-refractivity contribution in [1.29, 1.82) is 0 Å². The Bertz CT molecular complexity index is 33.8. The summed E-state index contributed by atoms with van der Waals surface area (Å²) in [6.07, 6.45) is -1.83. The molecule has 0 aromatic carbocycles. The molecule has 0 saturated carbocycles. The molecule has 6 N–H and O–H groups in total. The van der Waals surface area contributed by atoms with Gasteiger partial charge in [-0.15, -0.1) is 0 Å².